The van der Waals surface area contributed by atoms with Crippen LogP contribution in [0.1, 0.15) is 5.69 Å². The number of ether oxygens (including phenoxy) is 1. The van der Waals surface area contributed by atoms with E-state index in [-0.39, 0.29) is 0 Å². The maximum Gasteiger partial charge on any atom is 0.0947 e. The van der Waals surface area contributed by atoms with Gasteiger partial charge in [-0.25, -0.2) is 0 Å². The highest BCUT2D eigenvalue weighted by Crippen LogP contribution is 2.27. The van der Waals surface area contributed by atoms with Gasteiger partial charge >= 0.3 is 0 Å². The first-order valence-electron chi connectivity index (χ1n) is 6.56. The molecule has 20 heavy (non-hydrogen) atoms. The zero-order chi connectivity index (χ0) is 14.7. The molecule has 1 aromatic carbocycles. The molecule has 108 valence electrons. The number of nitrogens with two attached hydrogens (primary N) is 1. The number of pyridine rings is 1. The van der Waals surface area contributed by atoms with Crippen molar-refractivity contribution in [2.75, 3.05) is 37.9 Å². The summed E-state index contributed by atoms with van der Waals surface area (Å²) >= 11 is 0. The Hall–Kier alpha value is -1.85. The summed E-state index contributed by atoms with van der Waals surface area (Å²) in [6, 6.07) is 7.68. The number of likely N-dealkylation sites (N-methyl/N-ethyl adjacent to an activating group) is 1. The number of methoxy groups -OCH3 is 1. The summed E-state index contributed by atoms with van der Waals surface area (Å²) in [6.07, 6.45) is -0.533. The molecule has 1 heterocycles. The Morgan fingerprint density at radius 3 is 2.85 bits per heavy atom. The molecule has 0 spiro atoms. The van der Waals surface area contributed by atoms with Gasteiger partial charge in [0.25, 0.3) is 0 Å². The van der Waals surface area contributed by atoms with E-state index in [1.807, 2.05) is 43.1 Å². The van der Waals surface area contributed by atoms with Crippen molar-refractivity contribution in [2.45, 2.75) is 13.0 Å². The van der Waals surface area contributed by atoms with Crippen molar-refractivity contribution in [3.63, 3.8) is 0 Å². The monoisotopic (exact) mass is 275 g/mol. The molecular weight excluding hydrogens is 254 g/mol. The van der Waals surface area contributed by atoms with Crippen LogP contribution in [0.15, 0.2) is 24.3 Å². The molecule has 2 rings (SSSR count). The fourth-order valence-electron chi connectivity index (χ4n) is 2.33. The van der Waals surface area contributed by atoms with Crippen molar-refractivity contribution >= 4 is 22.3 Å². The van der Waals surface area contributed by atoms with E-state index < -0.39 is 6.10 Å². The van der Waals surface area contributed by atoms with Crippen molar-refractivity contribution in [1.82, 2.24) is 4.98 Å². The number of fused-ring (bicyclic) bond motifs is 1. The summed E-state index contributed by atoms with van der Waals surface area (Å²) in [7, 11) is 3.52. The number of nitrogens with zero attached hydrogens (tertiary/aromatic N) is 2. The van der Waals surface area contributed by atoms with Crippen LogP contribution in [0.25, 0.3) is 10.9 Å². The lowest BCUT2D eigenvalue weighted by Crippen LogP contribution is -2.32. The molecule has 0 saturated heterocycles. The quantitative estimate of drug-likeness (QED) is 0.810. The number of aliphatic hydroxyl groups excluding tert-OH is 1. The number of nitrogen functional groups attached to an aromatic ring is 1. The highest BCUT2D eigenvalue weighted by Gasteiger charge is 2.12. The van der Waals surface area contributed by atoms with Crippen molar-refractivity contribution in [3.8, 4) is 0 Å². The van der Waals surface area contributed by atoms with E-state index in [1.165, 1.54) is 0 Å². The zero-order valence-electron chi connectivity index (χ0n) is 12.1. The van der Waals surface area contributed by atoms with E-state index in [0.29, 0.717) is 18.8 Å². The van der Waals surface area contributed by atoms with Gasteiger partial charge in [-0.1, -0.05) is 0 Å². The summed E-state index contributed by atoms with van der Waals surface area (Å²) in [5.74, 6) is 0. The number of hydrogen-bond acceptors (Lipinski definition) is 5. The van der Waals surface area contributed by atoms with Gasteiger partial charge in [-0.05, 0) is 31.2 Å². The van der Waals surface area contributed by atoms with E-state index in [1.54, 1.807) is 7.11 Å². The van der Waals surface area contributed by atoms with Gasteiger partial charge in [0, 0.05) is 43.2 Å². The van der Waals surface area contributed by atoms with Crippen LogP contribution >= 0.6 is 0 Å². The van der Waals surface area contributed by atoms with E-state index in [4.69, 9.17) is 10.5 Å². The lowest BCUT2D eigenvalue weighted by molar-refractivity contribution is 0.0695. The van der Waals surface area contributed by atoms with Crippen LogP contribution in [-0.2, 0) is 4.74 Å². The second-order valence-corrected chi connectivity index (χ2v) is 5.05. The predicted octanol–water partition coefficient (Wildman–Crippen LogP) is 1.57. The summed E-state index contributed by atoms with van der Waals surface area (Å²) in [5, 5.41) is 10.9. The van der Waals surface area contributed by atoms with Crippen molar-refractivity contribution in [1.29, 1.82) is 0 Å². The third kappa shape index (κ3) is 3.18. The smallest absolute Gasteiger partial charge is 0.0947 e. The minimum absolute atomic E-state index is 0.314. The SMILES string of the molecule is COCC(O)CN(C)c1cc(C)nc2ccc(N)cc12. The normalized spacial score (nSPS) is 12.6. The molecule has 5 heteroatoms. The molecule has 0 bridgehead atoms. The molecule has 0 aliphatic heterocycles. The van der Waals surface area contributed by atoms with E-state index in [0.717, 1.165) is 22.3 Å². The lowest BCUT2D eigenvalue weighted by atomic mass is 10.1. The first-order chi connectivity index (χ1) is 9.51. The number of rotatable bonds is 5. The van der Waals surface area contributed by atoms with Gasteiger partial charge in [-0.2, -0.15) is 0 Å². The molecule has 2 aromatic rings. The van der Waals surface area contributed by atoms with Gasteiger partial charge in [0.05, 0.1) is 18.2 Å². The molecule has 0 fully saturated rings. The summed E-state index contributed by atoms with van der Waals surface area (Å²) in [6.45, 7) is 2.76. The highest BCUT2D eigenvalue weighted by atomic mass is 16.5. The summed E-state index contributed by atoms with van der Waals surface area (Å²) in [4.78, 5) is 6.51. The minimum atomic E-state index is -0.533. The Balaban J connectivity index is 2.39. The summed E-state index contributed by atoms with van der Waals surface area (Å²) in [5.41, 5.74) is 9.42. The second-order valence-electron chi connectivity index (χ2n) is 5.05. The van der Waals surface area contributed by atoms with E-state index >= 15 is 0 Å². The largest absolute Gasteiger partial charge is 0.399 e. The number of aromatic nitrogens is 1. The number of hydrogen-bond donors (Lipinski definition) is 2. The summed E-state index contributed by atoms with van der Waals surface area (Å²) < 4.78 is 4.96. The molecule has 5 nitrogen and oxygen atoms in total. The molecule has 1 aromatic heterocycles. The van der Waals surface area contributed by atoms with E-state index in [9.17, 15) is 5.11 Å². The molecule has 0 aliphatic carbocycles. The van der Waals surface area contributed by atoms with E-state index in [2.05, 4.69) is 4.98 Å². The maximum atomic E-state index is 9.87. The topological polar surface area (TPSA) is 71.6 Å². The number of anilines is 2. The zero-order valence-corrected chi connectivity index (χ0v) is 12.1. The highest BCUT2D eigenvalue weighted by molar-refractivity contribution is 5.93. The standard InChI is InChI=1S/C15H21N3O2/c1-10-6-15(18(2)8-12(19)9-20-3)13-7-11(16)4-5-14(13)17-10/h4-7,12,19H,8-9,16H2,1-3H3. The third-order valence-electron chi connectivity index (χ3n) is 3.19. The molecule has 0 amide bonds. The average Bonchev–Trinajstić information content (AvgIpc) is 2.38. The van der Waals surface area contributed by atoms with Crippen LogP contribution in [0.2, 0.25) is 0 Å². The Morgan fingerprint density at radius 2 is 2.15 bits per heavy atom. The molecule has 0 aliphatic rings. The molecule has 3 N–H and O–H groups in total. The number of aryl methyl sites for hydroxylation is 1. The predicted molar refractivity (Wildman–Crippen MR) is 82.0 cm³/mol. The molecule has 1 unspecified atom stereocenters. The van der Waals surface area contributed by atoms with Gasteiger partial charge < -0.3 is 20.5 Å². The van der Waals surface area contributed by atoms with Crippen LogP contribution in [-0.4, -0.2) is 43.5 Å². The first kappa shape index (κ1) is 14.6. The van der Waals surface area contributed by atoms with Crippen LogP contribution in [0.3, 0.4) is 0 Å². The van der Waals surface area contributed by atoms with Gasteiger partial charge in [0.1, 0.15) is 0 Å². The molecule has 1 atom stereocenters. The Morgan fingerprint density at radius 1 is 1.40 bits per heavy atom. The molecule has 0 radical (unpaired) electrons. The van der Waals surface area contributed by atoms with Crippen LogP contribution in [0.4, 0.5) is 11.4 Å². The fourth-order valence-corrected chi connectivity index (χ4v) is 2.33. The van der Waals surface area contributed by atoms with Gasteiger partial charge in [-0.3, -0.25) is 4.98 Å². The number of aliphatic hydroxyl groups is 1. The second kappa shape index (κ2) is 6.07. The maximum absolute atomic E-state index is 9.87. The third-order valence-corrected chi connectivity index (χ3v) is 3.19. The van der Waals surface area contributed by atoms with Gasteiger partial charge in [-0.15, -0.1) is 0 Å². The van der Waals surface area contributed by atoms with Crippen molar-refractivity contribution in [3.05, 3.63) is 30.0 Å². The fraction of sp³-hybridized carbons (Fsp3) is 0.400. The van der Waals surface area contributed by atoms with Crippen LogP contribution in [0.5, 0.6) is 0 Å². The van der Waals surface area contributed by atoms with Crippen LogP contribution < -0.4 is 10.6 Å². The van der Waals surface area contributed by atoms with Crippen LogP contribution in [0, 0.1) is 6.92 Å². The van der Waals surface area contributed by atoms with Crippen molar-refractivity contribution in [2.24, 2.45) is 0 Å². The average molecular weight is 275 g/mol. The Bertz CT molecular complexity index is 601. The lowest BCUT2D eigenvalue weighted by Gasteiger charge is -2.24. The minimum Gasteiger partial charge on any atom is -0.399 e. The Labute approximate surface area is 119 Å². The van der Waals surface area contributed by atoms with Gasteiger partial charge in [0.2, 0.25) is 0 Å². The number of benzene rings is 1. The molecular formula is C15H21N3O2. The van der Waals surface area contributed by atoms with Gasteiger partial charge in [0.15, 0.2) is 0 Å². The molecule has 0 saturated carbocycles. The first-order valence-corrected chi connectivity index (χ1v) is 6.56. The Kier molecular flexibility index (Phi) is 4.42. The van der Waals surface area contributed by atoms with Crippen molar-refractivity contribution < 1.29 is 9.84 Å².